The average molecular weight is 295 g/mol. The third kappa shape index (κ3) is 6.45. The number of likely N-dealkylation sites (N-methyl/N-ethyl adjacent to an activating group) is 1. The highest BCUT2D eigenvalue weighted by molar-refractivity contribution is 9.10. The highest BCUT2D eigenvalue weighted by Crippen LogP contribution is 2.12. The molecular formula is C11H23BrN2O2. The topological polar surface area (TPSA) is 52.6 Å². The van der Waals surface area contributed by atoms with E-state index in [9.17, 15) is 9.90 Å². The van der Waals surface area contributed by atoms with Crippen LogP contribution in [0.2, 0.25) is 0 Å². The summed E-state index contributed by atoms with van der Waals surface area (Å²) >= 11 is 3.32. The number of hydrogen-bond acceptors (Lipinski definition) is 3. The van der Waals surface area contributed by atoms with Crippen molar-refractivity contribution in [3.8, 4) is 0 Å². The molecule has 1 amide bonds. The molecule has 0 aliphatic carbocycles. The van der Waals surface area contributed by atoms with E-state index in [0.717, 1.165) is 0 Å². The molecular weight excluding hydrogens is 272 g/mol. The van der Waals surface area contributed by atoms with E-state index in [1.54, 1.807) is 6.92 Å². The second-order valence-electron chi connectivity index (χ2n) is 5.10. The first-order valence-electron chi connectivity index (χ1n) is 5.44. The lowest BCUT2D eigenvalue weighted by molar-refractivity contribution is -0.122. The zero-order valence-corrected chi connectivity index (χ0v) is 12.3. The number of hydrogen-bond donors (Lipinski definition) is 2. The molecule has 0 heterocycles. The highest BCUT2D eigenvalue weighted by atomic mass is 79.9. The summed E-state index contributed by atoms with van der Waals surface area (Å²) in [6.45, 7) is 6.43. The Morgan fingerprint density at radius 1 is 1.50 bits per heavy atom. The maximum Gasteiger partial charge on any atom is 0.234 e. The maximum atomic E-state index is 11.6. The van der Waals surface area contributed by atoms with Gasteiger partial charge in [-0.1, -0.05) is 29.8 Å². The molecule has 2 N–H and O–H groups in total. The molecule has 16 heavy (non-hydrogen) atoms. The molecule has 0 rings (SSSR count). The molecule has 0 aromatic rings. The molecule has 0 saturated carbocycles. The van der Waals surface area contributed by atoms with Crippen molar-refractivity contribution in [2.24, 2.45) is 5.92 Å². The van der Waals surface area contributed by atoms with Crippen LogP contribution in [-0.4, -0.2) is 53.5 Å². The van der Waals surface area contributed by atoms with Crippen molar-refractivity contribution < 1.29 is 9.90 Å². The minimum absolute atomic E-state index is 0.0750. The van der Waals surface area contributed by atoms with Crippen LogP contribution in [0.4, 0.5) is 0 Å². The molecule has 0 fully saturated rings. The third-order valence-corrected chi connectivity index (χ3v) is 3.61. The first-order chi connectivity index (χ1) is 7.15. The Labute approximate surface area is 107 Å². The molecule has 2 unspecified atom stereocenters. The second kappa shape index (κ2) is 6.57. The molecule has 96 valence electrons. The SMILES string of the molecule is CC(C)C(Br)C(=O)NCC(C)(O)CN(C)C. The first-order valence-corrected chi connectivity index (χ1v) is 6.36. The number of halogens is 1. The zero-order valence-electron chi connectivity index (χ0n) is 10.7. The van der Waals surface area contributed by atoms with E-state index in [1.807, 2.05) is 32.8 Å². The van der Waals surface area contributed by atoms with E-state index in [4.69, 9.17) is 0 Å². The van der Waals surface area contributed by atoms with Crippen LogP contribution in [0.3, 0.4) is 0 Å². The molecule has 0 bridgehead atoms. The molecule has 0 aromatic heterocycles. The molecule has 0 aliphatic rings. The van der Waals surface area contributed by atoms with Gasteiger partial charge in [-0.15, -0.1) is 0 Å². The minimum Gasteiger partial charge on any atom is -0.387 e. The first kappa shape index (κ1) is 15.9. The summed E-state index contributed by atoms with van der Waals surface area (Å²) in [7, 11) is 3.77. The van der Waals surface area contributed by atoms with Crippen LogP contribution >= 0.6 is 15.9 Å². The monoisotopic (exact) mass is 294 g/mol. The van der Waals surface area contributed by atoms with Crippen molar-refractivity contribution in [2.75, 3.05) is 27.2 Å². The third-order valence-electron chi connectivity index (χ3n) is 2.14. The summed E-state index contributed by atoms with van der Waals surface area (Å²) in [6, 6.07) is 0. The van der Waals surface area contributed by atoms with Crippen molar-refractivity contribution in [3.63, 3.8) is 0 Å². The van der Waals surface area contributed by atoms with E-state index in [-0.39, 0.29) is 23.2 Å². The summed E-state index contributed by atoms with van der Waals surface area (Å²) in [4.78, 5) is 13.3. The van der Waals surface area contributed by atoms with Gasteiger partial charge in [0.25, 0.3) is 0 Å². The summed E-state index contributed by atoms with van der Waals surface area (Å²) in [5.74, 6) is 0.160. The van der Waals surface area contributed by atoms with Crippen LogP contribution in [0.1, 0.15) is 20.8 Å². The summed E-state index contributed by atoms with van der Waals surface area (Å²) in [5, 5.41) is 12.7. The molecule has 5 heteroatoms. The van der Waals surface area contributed by atoms with Crippen LogP contribution in [-0.2, 0) is 4.79 Å². The fourth-order valence-corrected chi connectivity index (χ4v) is 1.58. The molecule has 2 atom stereocenters. The summed E-state index contributed by atoms with van der Waals surface area (Å²) in [5.41, 5.74) is -0.900. The van der Waals surface area contributed by atoms with E-state index in [0.29, 0.717) is 6.54 Å². The van der Waals surface area contributed by atoms with Gasteiger partial charge in [0, 0.05) is 13.1 Å². The number of alkyl halides is 1. The van der Waals surface area contributed by atoms with Crippen molar-refractivity contribution in [3.05, 3.63) is 0 Å². The fourth-order valence-electron chi connectivity index (χ4n) is 1.41. The van der Waals surface area contributed by atoms with E-state index >= 15 is 0 Å². The number of nitrogens with zero attached hydrogens (tertiary/aromatic N) is 1. The smallest absolute Gasteiger partial charge is 0.234 e. The lowest BCUT2D eigenvalue weighted by Gasteiger charge is -2.27. The Hall–Kier alpha value is -0.130. The normalized spacial score (nSPS) is 17.3. The Kier molecular flexibility index (Phi) is 6.51. The predicted octanol–water partition coefficient (Wildman–Crippen LogP) is 0.835. The molecule has 0 saturated heterocycles. The number of nitrogens with one attached hydrogen (secondary N) is 1. The predicted molar refractivity (Wildman–Crippen MR) is 69.7 cm³/mol. The highest BCUT2D eigenvalue weighted by Gasteiger charge is 2.24. The average Bonchev–Trinajstić information content (AvgIpc) is 2.10. The van der Waals surface area contributed by atoms with Gasteiger partial charge in [0.15, 0.2) is 0 Å². The Balaban J connectivity index is 4.09. The minimum atomic E-state index is -0.900. The maximum absolute atomic E-state index is 11.6. The number of aliphatic hydroxyl groups is 1. The van der Waals surface area contributed by atoms with Gasteiger partial charge in [-0.05, 0) is 26.9 Å². The Morgan fingerprint density at radius 2 is 2.00 bits per heavy atom. The standard InChI is InChI=1S/C11H23BrN2O2/c1-8(2)9(12)10(15)13-6-11(3,16)7-14(4)5/h8-9,16H,6-7H2,1-5H3,(H,13,15). The van der Waals surface area contributed by atoms with Gasteiger partial charge in [-0.3, -0.25) is 4.79 Å². The number of rotatable bonds is 6. The summed E-state index contributed by atoms with van der Waals surface area (Å²) in [6.07, 6.45) is 0. The quantitative estimate of drug-likeness (QED) is 0.714. The Morgan fingerprint density at radius 3 is 2.38 bits per heavy atom. The second-order valence-corrected chi connectivity index (χ2v) is 6.08. The van der Waals surface area contributed by atoms with Gasteiger partial charge < -0.3 is 15.3 Å². The lowest BCUT2D eigenvalue weighted by Crippen LogP contribution is -2.48. The number of amides is 1. The van der Waals surface area contributed by atoms with Gasteiger partial charge in [-0.2, -0.15) is 0 Å². The molecule has 0 aliphatic heterocycles. The molecule has 0 aromatic carbocycles. The largest absolute Gasteiger partial charge is 0.387 e. The van der Waals surface area contributed by atoms with E-state index < -0.39 is 5.60 Å². The van der Waals surface area contributed by atoms with Gasteiger partial charge in [0.1, 0.15) is 0 Å². The molecule has 0 radical (unpaired) electrons. The van der Waals surface area contributed by atoms with Crippen molar-refractivity contribution >= 4 is 21.8 Å². The van der Waals surface area contributed by atoms with Crippen molar-refractivity contribution in [1.82, 2.24) is 10.2 Å². The number of carbonyl (C=O) groups excluding carboxylic acids is 1. The van der Waals surface area contributed by atoms with Crippen LogP contribution in [0.5, 0.6) is 0 Å². The number of carbonyl (C=O) groups is 1. The van der Waals surface area contributed by atoms with Crippen LogP contribution in [0.25, 0.3) is 0 Å². The van der Waals surface area contributed by atoms with Gasteiger partial charge in [-0.25, -0.2) is 0 Å². The van der Waals surface area contributed by atoms with Crippen LogP contribution in [0.15, 0.2) is 0 Å². The van der Waals surface area contributed by atoms with Crippen molar-refractivity contribution in [2.45, 2.75) is 31.2 Å². The zero-order chi connectivity index (χ0) is 12.9. The fraction of sp³-hybridized carbons (Fsp3) is 0.909. The lowest BCUT2D eigenvalue weighted by atomic mass is 10.1. The molecule has 4 nitrogen and oxygen atoms in total. The van der Waals surface area contributed by atoms with Gasteiger partial charge >= 0.3 is 0 Å². The summed E-state index contributed by atoms with van der Waals surface area (Å²) < 4.78 is 0. The van der Waals surface area contributed by atoms with E-state index in [2.05, 4.69) is 21.2 Å². The van der Waals surface area contributed by atoms with E-state index in [1.165, 1.54) is 0 Å². The van der Waals surface area contributed by atoms with Crippen molar-refractivity contribution in [1.29, 1.82) is 0 Å². The molecule has 0 spiro atoms. The van der Waals surface area contributed by atoms with Gasteiger partial charge in [0.05, 0.1) is 10.4 Å². The van der Waals surface area contributed by atoms with Crippen LogP contribution < -0.4 is 5.32 Å². The van der Waals surface area contributed by atoms with Crippen LogP contribution in [0, 0.1) is 5.92 Å². The van der Waals surface area contributed by atoms with Gasteiger partial charge in [0.2, 0.25) is 5.91 Å². The Bertz CT molecular complexity index is 230.